The lowest BCUT2D eigenvalue weighted by atomic mass is 9.94. The molecule has 1 heteroatoms. The number of ketones is 1. The van der Waals surface area contributed by atoms with Crippen LogP contribution in [0.4, 0.5) is 0 Å². The Morgan fingerprint density at radius 2 is 1.68 bits per heavy atom. The van der Waals surface area contributed by atoms with Crippen LogP contribution in [-0.2, 0) is 0 Å². The van der Waals surface area contributed by atoms with Gasteiger partial charge >= 0.3 is 0 Å². The van der Waals surface area contributed by atoms with E-state index in [1.807, 2.05) is 30.3 Å². The third-order valence-electron chi connectivity index (χ3n) is 3.88. The van der Waals surface area contributed by atoms with Gasteiger partial charge in [-0.05, 0) is 37.5 Å². The summed E-state index contributed by atoms with van der Waals surface area (Å²) in [6, 6.07) is 18.2. The Labute approximate surface area is 133 Å². The molecule has 22 heavy (non-hydrogen) atoms. The average Bonchev–Trinajstić information content (AvgIpc) is 2.56. The summed E-state index contributed by atoms with van der Waals surface area (Å²) in [5.74, 6) is 7.23. The molecule has 2 aromatic carbocycles. The molecule has 1 nitrogen and oxygen atoms in total. The maximum atomic E-state index is 11.5. The molecule has 2 rings (SSSR count). The Morgan fingerprint density at radius 1 is 1.00 bits per heavy atom. The standard InChI is InChI=1S/C21H22O/c1-4-18(19-9-6-5-7-10-19)14-13-16(2)20-11-8-12-21(15-20)17(3)22/h5-12,15-16,18H,4H2,1-3H3/t16-,18-/m0/s1. The highest BCUT2D eigenvalue weighted by Crippen LogP contribution is 2.20. The number of benzene rings is 2. The first-order chi connectivity index (χ1) is 10.6. The van der Waals surface area contributed by atoms with Crippen LogP contribution in [-0.4, -0.2) is 5.78 Å². The van der Waals surface area contributed by atoms with Gasteiger partial charge in [-0.3, -0.25) is 4.79 Å². The Morgan fingerprint density at radius 3 is 2.32 bits per heavy atom. The molecule has 2 atom stereocenters. The van der Waals surface area contributed by atoms with E-state index in [1.165, 1.54) is 5.56 Å². The second kappa shape index (κ2) is 7.61. The lowest BCUT2D eigenvalue weighted by Crippen LogP contribution is -1.98. The number of carbonyl (C=O) groups is 1. The number of hydrogen-bond acceptors (Lipinski definition) is 1. The van der Waals surface area contributed by atoms with Crippen LogP contribution < -0.4 is 0 Å². The van der Waals surface area contributed by atoms with E-state index in [-0.39, 0.29) is 17.6 Å². The first kappa shape index (κ1) is 16.0. The van der Waals surface area contributed by atoms with Gasteiger partial charge in [0, 0.05) is 17.4 Å². The van der Waals surface area contributed by atoms with Gasteiger partial charge in [-0.2, -0.15) is 0 Å². The lowest BCUT2D eigenvalue weighted by molar-refractivity contribution is 0.101. The molecule has 2 aromatic rings. The van der Waals surface area contributed by atoms with Crippen LogP contribution in [0.3, 0.4) is 0 Å². The molecule has 0 amide bonds. The number of Topliss-reactive ketones (excluding diaryl/α,β-unsaturated/α-hetero) is 1. The molecule has 0 aliphatic carbocycles. The predicted molar refractivity (Wildman–Crippen MR) is 92.1 cm³/mol. The van der Waals surface area contributed by atoms with Crippen LogP contribution in [0.25, 0.3) is 0 Å². The SMILES string of the molecule is CC[C@@H](C#C[C@H](C)c1cccc(C(C)=O)c1)c1ccccc1. The molecule has 0 aromatic heterocycles. The van der Waals surface area contributed by atoms with E-state index in [9.17, 15) is 4.79 Å². The summed E-state index contributed by atoms with van der Waals surface area (Å²) in [6.07, 6.45) is 0.997. The minimum Gasteiger partial charge on any atom is -0.295 e. The van der Waals surface area contributed by atoms with Gasteiger partial charge in [0.25, 0.3) is 0 Å². The van der Waals surface area contributed by atoms with Gasteiger partial charge in [0.2, 0.25) is 0 Å². The fourth-order valence-electron chi connectivity index (χ4n) is 2.44. The fraction of sp³-hybridized carbons (Fsp3) is 0.286. The molecule has 0 spiro atoms. The van der Waals surface area contributed by atoms with Crippen LogP contribution in [0, 0.1) is 11.8 Å². The second-order valence-corrected chi connectivity index (χ2v) is 5.56. The minimum atomic E-state index is 0.0951. The van der Waals surface area contributed by atoms with E-state index in [4.69, 9.17) is 0 Å². The Hall–Kier alpha value is -2.33. The second-order valence-electron chi connectivity index (χ2n) is 5.56. The first-order valence-corrected chi connectivity index (χ1v) is 7.78. The highest BCUT2D eigenvalue weighted by Gasteiger charge is 2.07. The summed E-state index contributed by atoms with van der Waals surface area (Å²) in [6.45, 7) is 5.84. The summed E-state index contributed by atoms with van der Waals surface area (Å²) >= 11 is 0. The fourth-order valence-corrected chi connectivity index (χ4v) is 2.44. The molecule has 0 radical (unpaired) electrons. The van der Waals surface area contributed by atoms with Crippen molar-refractivity contribution in [3.05, 3.63) is 71.3 Å². The molecular weight excluding hydrogens is 268 g/mol. The van der Waals surface area contributed by atoms with Crippen molar-refractivity contribution in [2.75, 3.05) is 0 Å². The predicted octanol–water partition coefficient (Wildman–Crippen LogP) is 5.19. The summed E-state index contributed by atoms with van der Waals surface area (Å²) < 4.78 is 0. The van der Waals surface area contributed by atoms with Crippen molar-refractivity contribution >= 4 is 5.78 Å². The van der Waals surface area contributed by atoms with E-state index < -0.39 is 0 Å². The summed E-state index contributed by atoms with van der Waals surface area (Å²) in [4.78, 5) is 11.5. The third-order valence-corrected chi connectivity index (χ3v) is 3.88. The van der Waals surface area contributed by atoms with Crippen molar-refractivity contribution in [3.8, 4) is 11.8 Å². The van der Waals surface area contributed by atoms with Crippen molar-refractivity contribution in [1.82, 2.24) is 0 Å². The van der Waals surface area contributed by atoms with E-state index >= 15 is 0 Å². The smallest absolute Gasteiger partial charge is 0.159 e. The Bertz CT molecular complexity index is 689. The molecule has 0 aliphatic rings. The largest absolute Gasteiger partial charge is 0.295 e. The molecule has 0 saturated carbocycles. The summed E-state index contributed by atoms with van der Waals surface area (Å²) in [5, 5.41) is 0. The van der Waals surface area contributed by atoms with Crippen molar-refractivity contribution in [2.45, 2.75) is 39.0 Å². The molecule has 0 heterocycles. The van der Waals surface area contributed by atoms with Gasteiger partial charge in [0.15, 0.2) is 5.78 Å². The topological polar surface area (TPSA) is 17.1 Å². The molecule has 112 valence electrons. The summed E-state index contributed by atoms with van der Waals surface area (Å²) in [5.41, 5.74) is 3.12. The van der Waals surface area contributed by atoms with Gasteiger partial charge in [-0.1, -0.05) is 67.3 Å². The Kier molecular flexibility index (Phi) is 5.55. The zero-order chi connectivity index (χ0) is 15.9. The van der Waals surface area contributed by atoms with Crippen LogP contribution in [0.5, 0.6) is 0 Å². The number of carbonyl (C=O) groups excluding carboxylic acids is 1. The van der Waals surface area contributed by atoms with Crippen LogP contribution >= 0.6 is 0 Å². The van der Waals surface area contributed by atoms with Gasteiger partial charge in [-0.25, -0.2) is 0 Å². The van der Waals surface area contributed by atoms with Gasteiger partial charge < -0.3 is 0 Å². The maximum absolute atomic E-state index is 11.5. The first-order valence-electron chi connectivity index (χ1n) is 7.78. The Balaban J connectivity index is 2.19. The number of hydrogen-bond donors (Lipinski definition) is 0. The van der Waals surface area contributed by atoms with Crippen molar-refractivity contribution in [1.29, 1.82) is 0 Å². The molecule has 0 bridgehead atoms. The van der Waals surface area contributed by atoms with E-state index in [2.05, 4.69) is 50.0 Å². The van der Waals surface area contributed by atoms with Crippen molar-refractivity contribution in [3.63, 3.8) is 0 Å². The maximum Gasteiger partial charge on any atom is 0.159 e. The van der Waals surface area contributed by atoms with E-state index in [0.717, 1.165) is 17.5 Å². The summed E-state index contributed by atoms with van der Waals surface area (Å²) in [7, 11) is 0. The van der Waals surface area contributed by atoms with Crippen LogP contribution in [0.15, 0.2) is 54.6 Å². The molecular formula is C21H22O. The van der Waals surface area contributed by atoms with Crippen molar-refractivity contribution in [2.24, 2.45) is 0 Å². The van der Waals surface area contributed by atoms with E-state index in [1.54, 1.807) is 6.92 Å². The molecule has 0 fully saturated rings. The van der Waals surface area contributed by atoms with Crippen LogP contribution in [0.2, 0.25) is 0 Å². The van der Waals surface area contributed by atoms with Crippen LogP contribution in [0.1, 0.15) is 60.5 Å². The number of rotatable bonds is 4. The van der Waals surface area contributed by atoms with Crippen molar-refractivity contribution < 1.29 is 4.79 Å². The molecule has 0 unspecified atom stereocenters. The molecule has 0 N–H and O–H groups in total. The average molecular weight is 290 g/mol. The quantitative estimate of drug-likeness (QED) is 0.559. The van der Waals surface area contributed by atoms with Gasteiger partial charge in [-0.15, -0.1) is 0 Å². The third kappa shape index (κ3) is 4.09. The monoisotopic (exact) mass is 290 g/mol. The van der Waals surface area contributed by atoms with Gasteiger partial charge in [0.05, 0.1) is 0 Å². The molecule has 0 aliphatic heterocycles. The zero-order valence-corrected chi connectivity index (χ0v) is 13.5. The minimum absolute atomic E-state index is 0.0951. The van der Waals surface area contributed by atoms with E-state index in [0.29, 0.717) is 0 Å². The normalized spacial score (nSPS) is 12.9. The highest BCUT2D eigenvalue weighted by atomic mass is 16.1. The zero-order valence-electron chi connectivity index (χ0n) is 13.5. The lowest BCUT2D eigenvalue weighted by Gasteiger charge is -2.09. The highest BCUT2D eigenvalue weighted by molar-refractivity contribution is 5.94. The van der Waals surface area contributed by atoms with Gasteiger partial charge in [0.1, 0.15) is 0 Å². The molecule has 0 saturated heterocycles.